The van der Waals surface area contributed by atoms with Crippen LogP contribution in [-0.4, -0.2) is 33.8 Å². The fourth-order valence-electron chi connectivity index (χ4n) is 1.90. The first-order valence-corrected chi connectivity index (χ1v) is 5.43. The Balaban J connectivity index is 2.17. The van der Waals surface area contributed by atoms with Crippen LogP contribution in [0, 0.1) is 0 Å². The third kappa shape index (κ3) is 2.07. The van der Waals surface area contributed by atoms with E-state index in [0.29, 0.717) is 0 Å². The molecule has 1 aromatic rings. The van der Waals surface area contributed by atoms with Crippen LogP contribution in [0.2, 0.25) is 0 Å². The summed E-state index contributed by atoms with van der Waals surface area (Å²) in [5.74, 6) is 1.08. The summed E-state index contributed by atoms with van der Waals surface area (Å²) >= 11 is 0. The first kappa shape index (κ1) is 10.3. The van der Waals surface area contributed by atoms with Gasteiger partial charge >= 0.3 is 0 Å². The standard InChI is InChI=1S/C12H18N2O/c1-13-7-8-14(2)11-5-3-4-10-6-9-15-12(10)11/h3-5,13H,6-9H2,1-2H3. The number of benzene rings is 1. The Hall–Kier alpha value is -1.22. The molecule has 82 valence electrons. The molecule has 0 bridgehead atoms. The minimum Gasteiger partial charge on any atom is -0.491 e. The number of nitrogens with zero attached hydrogens (tertiary/aromatic N) is 1. The Morgan fingerprint density at radius 2 is 2.33 bits per heavy atom. The van der Waals surface area contributed by atoms with E-state index in [-0.39, 0.29) is 0 Å². The largest absolute Gasteiger partial charge is 0.491 e. The van der Waals surface area contributed by atoms with Crippen LogP contribution in [0.15, 0.2) is 18.2 Å². The Kier molecular flexibility index (Phi) is 3.11. The van der Waals surface area contributed by atoms with Gasteiger partial charge in [0.15, 0.2) is 0 Å². The number of likely N-dealkylation sites (N-methyl/N-ethyl adjacent to an activating group) is 2. The van der Waals surface area contributed by atoms with Gasteiger partial charge in [0.2, 0.25) is 0 Å². The second kappa shape index (κ2) is 4.53. The van der Waals surface area contributed by atoms with Crippen LogP contribution in [0.25, 0.3) is 0 Å². The van der Waals surface area contributed by atoms with Gasteiger partial charge in [-0.1, -0.05) is 12.1 Å². The summed E-state index contributed by atoms with van der Waals surface area (Å²) in [7, 11) is 4.08. The number of rotatable bonds is 4. The number of hydrogen-bond donors (Lipinski definition) is 1. The maximum Gasteiger partial charge on any atom is 0.145 e. The molecule has 0 unspecified atom stereocenters. The molecule has 0 saturated carbocycles. The fourth-order valence-corrected chi connectivity index (χ4v) is 1.90. The maximum atomic E-state index is 5.67. The van der Waals surface area contributed by atoms with Gasteiger partial charge in [-0.2, -0.15) is 0 Å². The van der Waals surface area contributed by atoms with Gasteiger partial charge < -0.3 is 15.0 Å². The van der Waals surface area contributed by atoms with Crippen LogP contribution in [0.1, 0.15) is 5.56 Å². The van der Waals surface area contributed by atoms with E-state index in [1.807, 2.05) is 7.05 Å². The topological polar surface area (TPSA) is 24.5 Å². The van der Waals surface area contributed by atoms with Gasteiger partial charge in [0.25, 0.3) is 0 Å². The Labute approximate surface area is 91.0 Å². The molecule has 0 spiro atoms. The molecule has 0 atom stereocenters. The molecule has 1 heterocycles. The van der Waals surface area contributed by atoms with Crippen molar-refractivity contribution >= 4 is 5.69 Å². The van der Waals surface area contributed by atoms with Gasteiger partial charge in [-0.05, 0) is 18.7 Å². The molecular formula is C12H18N2O. The van der Waals surface area contributed by atoms with Gasteiger partial charge in [0, 0.05) is 26.6 Å². The highest BCUT2D eigenvalue weighted by Crippen LogP contribution is 2.35. The van der Waals surface area contributed by atoms with Crippen molar-refractivity contribution in [2.45, 2.75) is 6.42 Å². The monoisotopic (exact) mass is 206 g/mol. The lowest BCUT2D eigenvalue weighted by atomic mass is 10.1. The van der Waals surface area contributed by atoms with Gasteiger partial charge in [-0.25, -0.2) is 0 Å². The van der Waals surface area contributed by atoms with Crippen LogP contribution in [-0.2, 0) is 6.42 Å². The fraction of sp³-hybridized carbons (Fsp3) is 0.500. The number of hydrogen-bond acceptors (Lipinski definition) is 3. The summed E-state index contributed by atoms with van der Waals surface area (Å²) in [4.78, 5) is 2.24. The lowest BCUT2D eigenvalue weighted by molar-refractivity contribution is 0.357. The molecule has 0 aromatic heterocycles. The molecule has 0 saturated heterocycles. The summed E-state index contributed by atoms with van der Waals surface area (Å²) < 4.78 is 5.67. The molecular weight excluding hydrogens is 188 g/mol. The zero-order valence-electron chi connectivity index (χ0n) is 9.42. The normalized spacial score (nSPS) is 13.5. The predicted octanol–water partition coefficient (Wildman–Crippen LogP) is 1.28. The van der Waals surface area contributed by atoms with Gasteiger partial charge in [0.05, 0.1) is 12.3 Å². The molecule has 0 aliphatic carbocycles. The van der Waals surface area contributed by atoms with Crippen molar-refractivity contribution in [1.82, 2.24) is 5.32 Å². The molecule has 0 amide bonds. The Bertz CT molecular complexity index is 338. The molecule has 3 nitrogen and oxygen atoms in total. The molecule has 0 radical (unpaired) electrons. The first-order chi connectivity index (χ1) is 7.33. The van der Waals surface area contributed by atoms with Crippen molar-refractivity contribution in [1.29, 1.82) is 0 Å². The van der Waals surface area contributed by atoms with Crippen LogP contribution in [0.4, 0.5) is 5.69 Å². The van der Waals surface area contributed by atoms with Gasteiger partial charge in [0.1, 0.15) is 5.75 Å². The summed E-state index contributed by atoms with van der Waals surface area (Å²) in [5, 5.41) is 3.15. The molecule has 15 heavy (non-hydrogen) atoms. The summed E-state index contributed by atoms with van der Waals surface area (Å²) in [6.45, 7) is 2.81. The van der Waals surface area contributed by atoms with Crippen molar-refractivity contribution in [2.75, 3.05) is 38.7 Å². The van der Waals surface area contributed by atoms with Crippen molar-refractivity contribution in [3.63, 3.8) is 0 Å². The average molecular weight is 206 g/mol. The van der Waals surface area contributed by atoms with Gasteiger partial charge in [-0.3, -0.25) is 0 Å². The molecule has 1 aromatic carbocycles. The minimum absolute atomic E-state index is 0.826. The van der Waals surface area contributed by atoms with E-state index in [1.165, 1.54) is 11.3 Å². The third-order valence-corrected chi connectivity index (χ3v) is 2.80. The van der Waals surface area contributed by atoms with E-state index in [1.54, 1.807) is 0 Å². The van der Waals surface area contributed by atoms with Crippen LogP contribution in [0.3, 0.4) is 0 Å². The number of anilines is 1. The van der Waals surface area contributed by atoms with E-state index >= 15 is 0 Å². The summed E-state index contributed by atoms with van der Waals surface area (Å²) in [5.41, 5.74) is 2.55. The van der Waals surface area contributed by atoms with E-state index in [0.717, 1.165) is 31.9 Å². The van der Waals surface area contributed by atoms with Crippen LogP contribution < -0.4 is 15.0 Å². The van der Waals surface area contributed by atoms with E-state index < -0.39 is 0 Å². The molecule has 1 aliphatic heterocycles. The highest BCUT2D eigenvalue weighted by molar-refractivity contribution is 5.62. The second-order valence-corrected chi connectivity index (χ2v) is 3.89. The number of ether oxygens (including phenoxy) is 1. The highest BCUT2D eigenvalue weighted by Gasteiger charge is 2.17. The maximum absolute atomic E-state index is 5.67. The van der Waals surface area contributed by atoms with Crippen molar-refractivity contribution in [2.24, 2.45) is 0 Å². The second-order valence-electron chi connectivity index (χ2n) is 3.89. The quantitative estimate of drug-likeness (QED) is 0.803. The predicted molar refractivity (Wildman–Crippen MR) is 62.8 cm³/mol. The number of para-hydroxylation sites is 1. The SMILES string of the molecule is CNCCN(C)c1cccc2c1OCC2. The lowest BCUT2D eigenvalue weighted by Gasteiger charge is -2.21. The average Bonchev–Trinajstić information content (AvgIpc) is 2.73. The van der Waals surface area contributed by atoms with Crippen LogP contribution in [0.5, 0.6) is 5.75 Å². The Morgan fingerprint density at radius 1 is 1.47 bits per heavy atom. The van der Waals surface area contributed by atoms with E-state index in [4.69, 9.17) is 4.74 Å². The van der Waals surface area contributed by atoms with Crippen molar-refractivity contribution < 1.29 is 4.74 Å². The van der Waals surface area contributed by atoms with Crippen molar-refractivity contribution in [3.05, 3.63) is 23.8 Å². The summed E-state index contributed by atoms with van der Waals surface area (Å²) in [6, 6.07) is 6.39. The van der Waals surface area contributed by atoms with Crippen LogP contribution >= 0.6 is 0 Å². The summed E-state index contributed by atoms with van der Waals surface area (Å²) in [6.07, 6.45) is 1.04. The zero-order valence-corrected chi connectivity index (χ0v) is 9.42. The molecule has 1 aliphatic rings. The number of fused-ring (bicyclic) bond motifs is 1. The lowest BCUT2D eigenvalue weighted by Crippen LogP contribution is -2.27. The number of nitrogens with one attached hydrogen (secondary N) is 1. The molecule has 1 N–H and O–H groups in total. The van der Waals surface area contributed by atoms with E-state index in [2.05, 4.69) is 35.5 Å². The smallest absolute Gasteiger partial charge is 0.145 e. The molecule has 3 heteroatoms. The first-order valence-electron chi connectivity index (χ1n) is 5.43. The Morgan fingerprint density at radius 3 is 3.13 bits per heavy atom. The molecule has 0 fully saturated rings. The highest BCUT2D eigenvalue weighted by atomic mass is 16.5. The minimum atomic E-state index is 0.826. The van der Waals surface area contributed by atoms with Gasteiger partial charge in [-0.15, -0.1) is 0 Å². The van der Waals surface area contributed by atoms with E-state index in [9.17, 15) is 0 Å². The third-order valence-electron chi connectivity index (χ3n) is 2.80. The molecule has 2 rings (SSSR count). The van der Waals surface area contributed by atoms with Crippen molar-refractivity contribution in [3.8, 4) is 5.75 Å². The zero-order chi connectivity index (χ0) is 10.7.